The van der Waals surface area contributed by atoms with Crippen molar-refractivity contribution in [3.63, 3.8) is 0 Å². The van der Waals surface area contributed by atoms with Crippen LogP contribution < -0.4 is 0 Å². The fourth-order valence-electron chi connectivity index (χ4n) is 1.66. The van der Waals surface area contributed by atoms with E-state index in [1.807, 2.05) is 0 Å². The van der Waals surface area contributed by atoms with E-state index >= 15 is 0 Å². The highest BCUT2D eigenvalue weighted by atomic mass is 79.9. The fourth-order valence-corrected chi connectivity index (χ4v) is 2.11. The molecule has 0 saturated carbocycles. The monoisotopic (exact) mass is 328 g/mol. The van der Waals surface area contributed by atoms with E-state index in [2.05, 4.69) is 15.9 Å². The van der Waals surface area contributed by atoms with Gasteiger partial charge in [-0.2, -0.15) is 0 Å². The standard InChI is InChI=1S/C14H8BrF3O/c15-9-3-1-2-8(4-9)5-14(19)10-6-12(17)13(18)7-11(10)16/h1-4,6-7H,5H2. The minimum absolute atomic E-state index is 0.0819. The highest BCUT2D eigenvalue weighted by molar-refractivity contribution is 9.10. The minimum Gasteiger partial charge on any atom is -0.294 e. The second-order valence-electron chi connectivity index (χ2n) is 3.98. The van der Waals surface area contributed by atoms with Gasteiger partial charge in [0, 0.05) is 17.0 Å². The van der Waals surface area contributed by atoms with Gasteiger partial charge in [-0.1, -0.05) is 28.1 Å². The van der Waals surface area contributed by atoms with Crippen LogP contribution in [0.3, 0.4) is 0 Å². The summed E-state index contributed by atoms with van der Waals surface area (Å²) in [6.07, 6.45) is -0.0819. The Hall–Kier alpha value is -1.62. The first-order chi connectivity index (χ1) is 8.97. The number of halogens is 4. The molecule has 0 unspecified atom stereocenters. The Balaban J connectivity index is 2.28. The number of Topliss-reactive ketones (excluding diaryl/α,β-unsaturated/α-hetero) is 1. The molecular formula is C14H8BrF3O. The van der Waals surface area contributed by atoms with E-state index in [0.717, 1.165) is 4.47 Å². The first kappa shape index (κ1) is 13.8. The van der Waals surface area contributed by atoms with Crippen LogP contribution in [0, 0.1) is 17.5 Å². The number of carbonyl (C=O) groups is 1. The average molecular weight is 329 g/mol. The Bertz CT molecular complexity index is 641. The maximum atomic E-state index is 13.4. The van der Waals surface area contributed by atoms with Gasteiger partial charge in [-0.15, -0.1) is 0 Å². The summed E-state index contributed by atoms with van der Waals surface area (Å²) in [5.41, 5.74) is 0.211. The predicted molar refractivity (Wildman–Crippen MR) is 68.5 cm³/mol. The summed E-state index contributed by atoms with van der Waals surface area (Å²) < 4.78 is 40.0. The van der Waals surface area contributed by atoms with Gasteiger partial charge in [-0.05, 0) is 23.8 Å². The Morgan fingerprint density at radius 2 is 1.68 bits per heavy atom. The van der Waals surface area contributed by atoms with E-state index in [1.165, 1.54) is 0 Å². The van der Waals surface area contributed by atoms with Gasteiger partial charge in [0.1, 0.15) is 5.82 Å². The molecule has 0 bridgehead atoms. The van der Waals surface area contributed by atoms with Crippen molar-refractivity contribution in [3.8, 4) is 0 Å². The van der Waals surface area contributed by atoms with Gasteiger partial charge in [0.2, 0.25) is 0 Å². The molecule has 0 heterocycles. The summed E-state index contributed by atoms with van der Waals surface area (Å²) in [6, 6.07) is 7.88. The Morgan fingerprint density at radius 3 is 2.37 bits per heavy atom. The molecule has 0 N–H and O–H groups in total. The van der Waals surface area contributed by atoms with E-state index in [1.54, 1.807) is 24.3 Å². The van der Waals surface area contributed by atoms with Gasteiger partial charge in [0.15, 0.2) is 17.4 Å². The number of hydrogen-bond donors (Lipinski definition) is 0. The van der Waals surface area contributed by atoms with Crippen LogP contribution in [0.25, 0.3) is 0 Å². The van der Waals surface area contributed by atoms with Gasteiger partial charge in [0.25, 0.3) is 0 Å². The SMILES string of the molecule is O=C(Cc1cccc(Br)c1)c1cc(F)c(F)cc1F. The summed E-state index contributed by atoms with van der Waals surface area (Å²) in [6.45, 7) is 0. The predicted octanol–water partition coefficient (Wildman–Crippen LogP) is 4.29. The number of hydrogen-bond acceptors (Lipinski definition) is 1. The maximum Gasteiger partial charge on any atom is 0.170 e. The molecule has 2 aromatic rings. The zero-order chi connectivity index (χ0) is 14.0. The lowest BCUT2D eigenvalue weighted by Gasteiger charge is -2.04. The lowest BCUT2D eigenvalue weighted by atomic mass is 10.0. The first-order valence-corrected chi connectivity index (χ1v) is 6.19. The molecule has 0 aliphatic heterocycles. The van der Waals surface area contributed by atoms with Crippen molar-refractivity contribution < 1.29 is 18.0 Å². The van der Waals surface area contributed by atoms with E-state index in [-0.39, 0.29) is 6.42 Å². The lowest BCUT2D eigenvalue weighted by molar-refractivity contribution is 0.0988. The molecule has 98 valence electrons. The first-order valence-electron chi connectivity index (χ1n) is 5.39. The second-order valence-corrected chi connectivity index (χ2v) is 4.89. The van der Waals surface area contributed by atoms with Crippen LogP contribution in [-0.4, -0.2) is 5.78 Å². The van der Waals surface area contributed by atoms with Crippen molar-refractivity contribution in [3.05, 3.63) is 69.4 Å². The van der Waals surface area contributed by atoms with Gasteiger partial charge >= 0.3 is 0 Å². The Morgan fingerprint density at radius 1 is 1.00 bits per heavy atom. The molecule has 0 spiro atoms. The summed E-state index contributed by atoms with van der Waals surface area (Å²) >= 11 is 3.25. The minimum atomic E-state index is -1.31. The molecule has 0 atom stereocenters. The number of ketones is 1. The molecule has 0 aliphatic rings. The van der Waals surface area contributed by atoms with Crippen molar-refractivity contribution in [1.29, 1.82) is 0 Å². The fraction of sp³-hybridized carbons (Fsp3) is 0.0714. The van der Waals surface area contributed by atoms with Crippen molar-refractivity contribution >= 4 is 21.7 Å². The second kappa shape index (κ2) is 5.57. The quantitative estimate of drug-likeness (QED) is 0.606. The number of rotatable bonds is 3. The van der Waals surface area contributed by atoms with Crippen LogP contribution in [0.15, 0.2) is 40.9 Å². The molecule has 0 aromatic heterocycles. The molecule has 2 rings (SSSR count). The van der Waals surface area contributed by atoms with Crippen LogP contribution in [0.2, 0.25) is 0 Å². The average Bonchev–Trinajstić information content (AvgIpc) is 2.33. The highest BCUT2D eigenvalue weighted by Gasteiger charge is 2.16. The molecule has 0 aliphatic carbocycles. The molecule has 2 aromatic carbocycles. The van der Waals surface area contributed by atoms with Gasteiger partial charge < -0.3 is 0 Å². The maximum absolute atomic E-state index is 13.4. The molecule has 0 radical (unpaired) electrons. The van der Waals surface area contributed by atoms with Gasteiger partial charge in [-0.25, -0.2) is 13.2 Å². The van der Waals surface area contributed by atoms with E-state index in [0.29, 0.717) is 17.7 Å². The number of carbonyl (C=O) groups excluding carboxylic acids is 1. The highest BCUT2D eigenvalue weighted by Crippen LogP contribution is 2.18. The molecule has 5 heteroatoms. The molecule has 19 heavy (non-hydrogen) atoms. The van der Waals surface area contributed by atoms with Crippen molar-refractivity contribution in [2.75, 3.05) is 0 Å². The molecule has 1 nitrogen and oxygen atoms in total. The van der Waals surface area contributed by atoms with Crippen LogP contribution >= 0.6 is 15.9 Å². The third-order valence-corrected chi connectivity index (χ3v) is 3.06. The van der Waals surface area contributed by atoms with Crippen molar-refractivity contribution in [2.24, 2.45) is 0 Å². The van der Waals surface area contributed by atoms with Crippen LogP contribution in [-0.2, 0) is 6.42 Å². The third-order valence-electron chi connectivity index (χ3n) is 2.56. The Labute approximate surface area is 116 Å². The molecular weight excluding hydrogens is 321 g/mol. The largest absolute Gasteiger partial charge is 0.294 e. The third kappa shape index (κ3) is 3.23. The molecule has 0 amide bonds. The van der Waals surface area contributed by atoms with Crippen molar-refractivity contribution in [2.45, 2.75) is 6.42 Å². The molecule has 0 fully saturated rings. The summed E-state index contributed by atoms with van der Waals surface area (Å²) in [4.78, 5) is 11.9. The van der Waals surface area contributed by atoms with Gasteiger partial charge in [-0.3, -0.25) is 4.79 Å². The van der Waals surface area contributed by atoms with Crippen LogP contribution in [0.4, 0.5) is 13.2 Å². The summed E-state index contributed by atoms with van der Waals surface area (Å²) in [5, 5.41) is 0. The summed E-state index contributed by atoms with van der Waals surface area (Å²) in [5.74, 6) is -4.20. The van der Waals surface area contributed by atoms with Crippen molar-refractivity contribution in [1.82, 2.24) is 0 Å². The number of benzene rings is 2. The van der Waals surface area contributed by atoms with Crippen LogP contribution in [0.5, 0.6) is 0 Å². The Kier molecular flexibility index (Phi) is 4.04. The van der Waals surface area contributed by atoms with Crippen LogP contribution in [0.1, 0.15) is 15.9 Å². The van der Waals surface area contributed by atoms with E-state index in [9.17, 15) is 18.0 Å². The smallest absolute Gasteiger partial charge is 0.170 e. The van der Waals surface area contributed by atoms with Gasteiger partial charge in [0.05, 0.1) is 5.56 Å². The van der Waals surface area contributed by atoms with E-state index in [4.69, 9.17) is 0 Å². The summed E-state index contributed by atoms with van der Waals surface area (Å²) in [7, 11) is 0. The zero-order valence-corrected chi connectivity index (χ0v) is 11.2. The zero-order valence-electron chi connectivity index (χ0n) is 9.59. The molecule has 0 saturated heterocycles. The van der Waals surface area contributed by atoms with E-state index < -0.39 is 28.8 Å². The normalized spacial score (nSPS) is 10.5. The lowest BCUT2D eigenvalue weighted by Crippen LogP contribution is -2.07. The topological polar surface area (TPSA) is 17.1 Å².